The van der Waals surface area contributed by atoms with Crippen LogP contribution in [0.1, 0.15) is 50.5 Å². The molecule has 24 heavy (non-hydrogen) atoms. The lowest BCUT2D eigenvalue weighted by Crippen LogP contribution is -2.43. The van der Waals surface area contributed by atoms with Crippen molar-refractivity contribution < 1.29 is 9.53 Å². The van der Waals surface area contributed by atoms with E-state index in [1.807, 2.05) is 12.1 Å². The second kappa shape index (κ2) is 8.02. The van der Waals surface area contributed by atoms with Crippen molar-refractivity contribution in [2.45, 2.75) is 51.0 Å². The summed E-state index contributed by atoms with van der Waals surface area (Å²) in [6, 6.07) is 8.81. The molecule has 1 aromatic carbocycles. The maximum Gasteiger partial charge on any atom is 0.223 e. The van der Waals surface area contributed by atoms with Gasteiger partial charge in [-0.05, 0) is 55.8 Å². The van der Waals surface area contributed by atoms with Crippen molar-refractivity contribution >= 4 is 5.91 Å². The predicted molar refractivity (Wildman–Crippen MR) is 96.4 cm³/mol. The number of benzene rings is 1. The summed E-state index contributed by atoms with van der Waals surface area (Å²) in [6.07, 6.45) is 6.14. The third-order valence-electron chi connectivity index (χ3n) is 5.57. The Morgan fingerprint density at radius 3 is 3.04 bits per heavy atom. The van der Waals surface area contributed by atoms with E-state index in [9.17, 15) is 4.79 Å². The fourth-order valence-corrected chi connectivity index (χ4v) is 4.00. The third kappa shape index (κ3) is 4.10. The highest BCUT2D eigenvalue weighted by Gasteiger charge is 2.43. The number of nitrogens with zero attached hydrogens (tertiary/aromatic N) is 1. The minimum Gasteiger partial charge on any atom is -0.497 e. The van der Waals surface area contributed by atoms with E-state index in [0.29, 0.717) is 12.0 Å². The van der Waals surface area contributed by atoms with E-state index in [2.05, 4.69) is 29.3 Å². The first-order valence-electron chi connectivity index (χ1n) is 9.38. The van der Waals surface area contributed by atoms with Crippen LogP contribution in [0.25, 0.3) is 0 Å². The number of methoxy groups -OCH3 is 1. The fraction of sp³-hybridized carbons (Fsp3) is 0.650. The van der Waals surface area contributed by atoms with Gasteiger partial charge in [-0.15, -0.1) is 0 Å². The number of amides is 1. The molecule has 0 spiro atoms. The topological polar surface area (TPSA) is 41.6 Å². The molecular formula is C20H30N2O2. The standard InChI is InChI=1S/C20H30N2O2/c1-3-16-8-4-5-11-22(16)12-10-21-20(23)19-14-18(19)15-7-6-9-17(13-15)24-2/h6-7,9,13,16,18-19H,3-5,8,10-12,14H2,1-2H3,(H,21,23). The van der Waals surface area contributed by atoms with Crippen LogP contribution >= 0.6 is 0 Å². The maximum atomic E-state index is 12.4. The quantitative estimate of drug-likeness (QED) is 0.835. The molecule has 1 saturated carbocycles. The molecule has 3 atom stereocenters. The zero-order valence-corrected chi connectivity index (χ0v) is 15.0. The molecule has 3 unspecified atom stereocenters. The molecule has 0 radical (unpaired) electrons. The van der Waals surface area contributed by atoms with Gasteiger partial charge in [0.15, 0.2) is 0 Å². The molecule has 0 aromatic heterocycles. The Morgan fingerprint density at radius 2 is 2.25 bits per heavy atom. The highest BCUT2D eigenvalue weighted by atomic mass is 16.5. The number of piperidine rings is 1. The first-order valence-corrected chi connectivity index (χ1v) is 9.38. The maximum absolute atomic E-state index is 12.4. The van der Waals surface area contributed by atoms with Gasteiger partial charge in [-0.1, -0.05) is 25.5 Å². The molecule has 0 bridgehead atoms. The summed E-state index contributed by atoms with van der Waals surface area (Å²) >= 11 is 0. The lowest BCUT2D eigenvalue weighted by atomic mass is 10.0. The zero-order valence-electron chi connectivity index (χ0n) is 15.0. The second-order valence-corrected chi connectivity index (χ2v) is 7.11. The van der Waals surface area contributed by atoms with Gasteiger partial charge in [-0.25, -0.2) is 0 Å². The van der Waals surface area contributed by atoms with E-state index in [1.165, 1.54) is 37.8 Å². The largest absolute Gasteiger partial charge is 0.497 e. The van der Waals surface area contributed by atoms with Gasteiger partial charge in [-0.2, -0.15) is 0 Å². The summed E-state index contributed by atoms with van der Waals surface area (Å²) < 4.78 is 5.28. The van der Waals surface area contributed by atoms with Crippen LogP contribution in [-0.2, 0) is 4.79 Å². The van der Waals surface area contributed by atoms with Crippen LogP contribution < -0.4 is 10.1 Å². The van der Waals surface area contributed by atoms with E-state index in [0.717, 1.165) is 25.3 Å². The lowest BCUT2D eigenvalue weighted by Gasteiger charge is -2.35. The molecule has 2 fully saturated rings. The molecule has 1 aromatic rings. The van der Waals surface area contributed by atoms with Crippen molar-refractivity contribution in [2.75, 3.05) is 26.7 Å². The van der Waals surface area contributed by atoms with Gasteiger partial charge in [0.25, 0.3) is 0 Å². The number of carbonyl (C=O) groups is 1. The van der Waals surface area contributed by atoms with Gasteiger partial charge < -0.3 is 10.1 Å². The number of hydrogen-bond acceptors (Lipinski definition) is 3. The first kappa shape index (κ1) is 17.3. The van der Waals surface area contributed by atoms with Crippen LogP contribution in [0.3, 0.4) is 0 Å². The van der Waals surface area contributed by atoms with Crippen LogP contribution in [0.15, 0.2) is 24.3 Å². The molecule has 1 heterocycles. The summed E-state index contributed by atoms with van der Waals surface area (Å²) in [5.41, 5.74) is 1.22. The summed E-state index contributed by atoms with van der Waals surface area (Å²) in [6.45, 7) is 5.21. The van der Waals surface area contributed by atoms with E-state index in [1.54, 1.807) is 7.11 Å². The number of rotatable bonds is 7. The Hall–Kier alpha value is -1.55. The first-order chi connectivity index (χ1) is 11.7. The van der Waals surface area contributed by atoms with Gasteiger partial charge in [0, 0.05) is 25.0 Å². The average Bonchev–Trinajstić information content (AvgIpc) is 3.43. The van der Waals surface area contributed by atoms with E-state index < -0.39 is 0 Å². The molecule has 4 nitrogen and oxygen atoms in total. The Kier molecular flexibility index (Phi) is 5.77. The summed E-state index contributed by atoms with van der Waals surface area (Å²) in [4.78, 5) is 14.9. The number of hydrogen-bond donors (Lipinski definition) is 1. The normalized spacial score (nSPS) is 26.8. The number of nitrogens with one attached hydrogen (secondary N) is 1. The SMILES string of the molecule is CCC1CCCCN1CCNC(=O)C1CC1c1cccc(OC)c1. The monoisotopic (exact) mass is 330 g/mol. The number of likely N-dealkylation sites (tertiary alicyclic amines) is 1. The highest BCUT2D eigenvalue weighted by Crippen LogP contribution is 2.48. The van der Waals surface area contributed by atoms with Gasteiger partial charge in [0.05, 0.1) is 7.11 Å². The minimum atomic E-state index is 0.139. The molecule has 132 valence electrons. The predicted octanol–water partition coefficient (Wildman–Crippen LogP) is 3.18. The summed E-state index contributed by atoms with van der Waals surface area (Å²) in [7, 11) is 1.68. The second-order valence-electron chi connectivity index (χ2n) is 7.11. The fourth-order valence-electron chi connectivity index (χ4n) is 4.00. The van der Waals surface area contributed by atoms with Crippen molar-refractivity contribution in [3.63, 3.8) is 0 Å². The van der Waals surface area contributed by atoms with Gasteiger partial charge in [-0.3, -0.25) is 9.69 Å². The molecule has 4 heteroatoms. The van der Waals surface area contributed by atoms with E-state index in [-0.39, 0.29) is 11.8 Å². The third-order valence-corrected chi connectivity index (χ3v) is 5.57. The summed E-state index contributed by atoms with van der Waals surface area (Å²) in [5.74, 6) is 1.58. The molecule has 1 amide bonds. The molecule has 1 aliphatic carbocycles. The van der Waals surface area contributed by atoms with Gasteiger partial charge in [0.2, 0.25) is 5.91 Å². The molecule has 1 N–H and O–H groups in total. The van der Waals surface area contributed by atoms with Crippen LogP contribution in [0.5, 0.6) is 5.75 Å². The summed E-state index contributed by atoms with van der Waals surface area (Å²) in [5, 5.41) is 3.15. The van der Waals surface area contributed by atoms with Crippen molar-refractivity contribution in [1.82, 2.24) is 10.2 Å². The number of ether oxygens (including phenoxy) is 1. The van der Waals surface area contributed by atoms with Gasteiger partial charge in [0.1, 0.15) is 5.75 Å². The Bertz CT molecular complexity index is 560. The molecule has 1 aliphatic heterocycles. The smallest absolute Gasteiger partial charge is 0.223 e. The average molecular weight is 330 g/mol. The lowest BCUT2D eigenvalue weighted by molar-refractivity contribution is -0.122. The molecule has 2 aliphatic rings. The van der Waals surface area contributed by atoms with Gasteiger partial charge >= 0.3 is 0 Å². The Balaban J connectivity index is 1.43. The Labute approximate surface area is 145 Å². The van der Waals surface area contributed by atoms with E-state index in [4.69, 9.17) is 4.74 Å². The zero-order chi connectivity index (χ0) is 16.9. The van der Waals surface area contributed by atoms with Crippen molar-refractivity contribution in [3.05, 3.63) is 29.8 Å². The minimum absolute atomic E-state index is 0.139. The molecular weight excluding hydrogens is 300 g/mol. The number of carbonyl (C=O) groups excluding carboxylic acids is 1. The van der Waals surface area contributed by atoms with Crippen molar-refractivity contribution in [2.24, 2.45) is 5.92 Å². The van der Waals surface area contributed by atoms with Crippen LogP contribution in [-0.4, -0.2) is 43.6 Å². The van der Waals surface area contributed by atoms with E-state index >= 15 is 0 Å². The molecule has 3 rings (SSSR count). The Morgan fingerprint density at radius 1 is 1.38 bits per heavy atom. The molecule has 1 saturated heterocycles. The van der Waals surface area contributed by atoms with Crippen molar-refractivity contribution in [1.29, 1.82) is 0 Å². The van der Waals surface area contributed by atoms with Crippen molar-refractivity contribution in [3.8, 4) is 5.75 Å². The van der Waals surface area contributed by atoms with Crippen LogP contribution in [0, 0.1) is 5.92 Å². The highest BCUT2D eigenvalue weighted by molar-refractivity contribution is 5.82. The van der Waals surface area contributed by atoms with Crippen LogP contribution in [0.2, 0.25) is 0 Å². The van der Waals surface area contributed by atoms with Crippen LogP contribution in [0.4, 0.5) is 0 Å².